The van der Waals surface area contributed by atoms with E-state index in [1.165, 1.54) is 23.5 Å². The SMILES string of the molecule is Cc1nn(Cc2ccc(F)cc2)c2sc(C(=O)Nc3cccnc3)cc12. The summed E-state index contributed by atoms with van der Waals surface area (Å²) in [6.45, 7) is 2.44. The zero-order valence-electron chi connectivity index (χ0n) is 13.9. The van der Waals surface area contributed by atoms with Gasteiger partial charge in [0.15, 0.2) is 0 Å². The molecule has 0 atom stereocenters. The third-order valence-corrected chi connectivity index (χ3v) is 5.14. The van der Waals surface area contributed by atoms with E-state index in [2.05, 4.69) is 15.4 Å². The van der Waals surface area contributed by atoms with E-state index in [4.69, 9.17) is 0 Å². The topological polar surface area (TPSA) is 59.8 Å². The lowest BCUT2D eigenvalue weighted by atomic mass is 10.2. The molecule has 1 amide bonds. The first kappa shape index (κ1) is 16.4. The Morgan fingerprint density at radius 1 is 1.27 bits per heavy atom. The van der Waals surface area contributed by atoms with Crippen LogP contribution in [0.25, 0.3) is 10.2 Å². The Hall–Kier alpha value is -3.06. The molecule has 4 rings (SSSR count). The lowest BCUT2D eigenvalue weighted by Crippen LogP contribution is -2.10. The lowest BCUT2D eigenvalue weighted by Gasteiger charge is -2.03. The van der Waals surface area contributed by atoms with E-state index in [9.17, 15) is 9.18 Å². The molecule has 0 saturated heterocycles. The molecule has 0 aliphatic heterocycles. The molecule has 3 heterocycles. The van der Waals surface area contributed by atoms with Crippen LogP contribution in [0.5, 0.6) is 0 Å². The average Bonchev–Trinajstić information content (AvgIpc) is 3.20. The number of thiophene rings is 1. The van der Waals surface area contributed by atoms with Crippen molar-refractivity contribution in [2.24, 2.45) is 0 Å². The van der Waals surface area contributed by atoms with Gasteiger partial charge in [-0.1, -0.05) is 12.1 Å². The summed E-state index contributed by atoms with van der Waals surface area (Å²) in [5, 5.41) is 8.34. The van der Waals surface area contributed by atoms with Crippen LogP contribution in [0.3, 0.4) is 0 Å². The number of anilines is 1. The minimum Gasteiger partial charge on any atom is -0.320 e. The number of benzene rings is 1. The Morgan fingerprint density at radius 2 is 2.08 bits per heavy atom. The van der Waals surface area contributed by atoms with Crippen LogP contribution in [0.1, 0.15) is 20.9 Å². The molecule has 0 aliphatic carbocycles. The third-order valence-electron chi connectivity index (χ3n) is 4.00. The van der Waals surface area contributed by atoms with E-state index in [0.29, 0.717) is 17.1 Å². The average molecular weight is 366 g/mol. The standard InChI is InChI=1S/C19H15FN4OS/c1-12-16-9-17(18(25)22-15-3-2-8-21-10-15)26-19(16)24(23-12)11-13-4-6-14(20)7-5-13/h2-10H,11H2,1H3,(H,22,25). The van der Waals surface area contributed by atoms with Gasteiger partial charge in [-0.05, 0) is 42.8 Å². The number of aryl methyl sites for hydroxylation is 1. The van der Waals surface area contributed by atoms with Crippen LogP contribution in [0.2, 0.25) is 0 Å². The highest BCUT2D eigenvalue weighted by Crippen LogP contribution is 2.29. The normalized spacial score (nSPS) is 11.0. The molecule has 1 N–H and O–H groups in total. The van der Waals surface area contributed by atoms with Crippen molar-refractivity contribution in [2.45, 2.75) is 13.5 Å². The maximum atomic E-state index is 13.1. The largest absolute Gasteiger partial charge is 0.320 e. The van der Waals surface area contributed by atoms with Crippen LogP contribution in [0, 0.1) is 12.7 Å². The van der Waals surface area contributed by atoms with E-state index in [1.807, 2.05) is 17.7 Å². The predicted molar refractivity (Wildman–Crippen MR) is 100 cm³/mol. The van der Waals surface area contributed by atoms with Crippen molar-refractivity contribution < 1.29 is 9.18 Å². The Morgan fingerprint density at radius 3 is 2.81 bits per heavy atom. The Balaban J connectivity index is 1.62. The van der Waals surface area contributed by atoms with Gasteiger partial charge in [-0.15, -0.1) is 11.3 Å². The van der Waals surface area contributed by atoms with Crippen LogP contribution < -0.4 is 5.32 Å². The molecule has 0 fully saturated rings. The van der Waals surface area contributed by atoms with Crippen molar-refractivity contribution in [2.75, 3.05) is 5.32 Å². The molecule has 0 spiro atoms. The summed E-state index contributed by atoms with van der Waals surface area (Å²) in [5.41, 5.74) is 2.46. The number of fused-ring (bicyclic) bond motifs is 1. The molecule has 3 aromatic heterocycles. The molecular weight excluding hydrogens is 351 g/mol. The number of hydrogen-bond donors (Lipinski definition) is 1. The van der Waals surface area contributed by atoms with Crippen molar-refractivity contribution in [1.29, 1.82) is 0 Å². The second-order valence-electron chi connectivity index (χ2n) is 5.89. The number of hydrogen-bond acceptors (Lipinski definition) is 4. The van der Waals surface area contributed by atoms with Crippen molar-refractivity contribution in [3.05, 3.63) is 76.8 Å². The van der Waals surface area contributed by atoms with Gasteiger partial charge in [0.05, 0.1) is 29.0 Å². The zero-order chi connectivity index (χ0) is 18.1. The number of pyridine rings is 1. The third kappa shape index (κ3) is 3.21. The van der Waals surface area contributed by atoms with Gasteiger partial charge in [-0.25, -0.2) is 4.39 Å². The molecule has 5 nitrogen and oxygen atoms in total. The molecule has 130 valence electrons. The Bertz CT molecular complexity index is 1070. The molecule has 1 aromatic carbocycles. The quantitative estimate of drug-likeness (QED) is 0.588. The van der Waals surface area contributed by atoms with Gasteiger partial charge < -0.3 is 5.32 Å². The van der Waals surface area contributed by atoms with Gasteiger partial charge in [0.25, 0.3) is 5.91 Å². The van der Waals surface area contributed by atoms with Crippen LogP contribution in [-0.2, 0) is 6.54 Å². The summed E-state index contributed by atoms with van der Waals surface area (Å²) in [6.07, 6.45) is 3.26. The molecule has 4 aromatic rings. The molecule has 0 saturated carbocycles. The van der Waals surface area contributed by atoms with E-state index >= 15 is 0 Å². The van der Waals surface area contributed by atoms with E-state index < -0.39 is 0 Å². The number of nitrogens with one attached hydrogen (secondary N) is 1. The van der Waals surface area contributed by atoms with Gasteiger partial charge in [0, 0.05) is 11.6 Å². The molecule has 0 bridgehead atoms. The number of carbonyl (C=O) groups excluding carboxylic acids is 1. The van der Waals surface area contributed by atoms with E-state index in [0.717, 1.165) is 21.5 Å². The highest BCUT2D eigenvalue weighted by molar-refractivity contribution is 7.20. The monoisotopic (exact) mass is 366 g/mol. The summed E-state index contributed by atoms with van der Waals surface area (Å²) >= 11 is 1.39. The maximum Gasteiger partial charge on any atom is 0.265 e. The van der Waals surface area contributed by atoms with Crippen LogP contribution >= 0.6 is 11.3 Å². The second kappa shape index (κ2) is 6.68. The molecule has 7 heteroatoms. The Labute approximate surface area is 153 Å². The summed E-state index contributed by atoms with van der Waals surface area (Å²) < 4.78 is 14.9. The van der Waals surface area contributed by atoms with E-state index in [1.54, 1.807) is 36.7 Å². The fourth-order valence-corrected chi connectivity index (χ4v) is 3.78. The molecular formula is C19H15FN4OS. The molecule has 0 aliphatic rings. The van der Waals surface area contributed by atoms with Crippen LogP contribution in [-0.4, -0.2) is 20.7 Å². The first-order valence-corrected chi connectivity index (χ1v) is 8.84. The zero-order valence-corrected chi connectivity index (χ0v) is 14.8. The van der Waals surface area contributed by atoms with Crippen molar-refractivity contribution in [3.63, 3.8) is 0 Å². The smallest absolute Gasteiger partial charge is 0.265 e. The van der Waals surface area contributed by atoms with E-state index in [-0.39, 0.29) is 11.7 Å². The number of rotatable bonds is 4. The number of carbonyl (C=O) groups is 1. The van der Waals surface area contributed by atoms with Crippen molar-refractivity contribution in [3.8, 4) is 0 Å². The number of halogens is 1. The number of amides is 1. The Kier molecular flexibility index (Phi) is 4.22. The van der Waals surface area contributed by atoms with Crippen LogP contribution in [0.4, 0.5) is 10.1 Å². The van der Waals surface area contributed by atoms with Crippen molar-refractivity contribution in [1.82, 2.24) is 14.8 Å². The fraction of sp³-hybridized carbons (Fsp3) is 0.105. The minimum absolute atomic E-state index is 0.174. The summed E-state index contributed by atoms with van der Waals surface area (Å²) in [6, 6.07) is 11.8. The molecule has 0 unspecified atom stereocenters. The van der Waals surface area contributed by atoms with Gasteiger partial charge in [-0.2, -0.15) is 5.10 Å². The summed E-state index contributed by atoms with van der Waals surface area (Å²) in [4.78, 5) is 18.0. The second-order valence-corrected chi connectivity index (χ2v) is 6.93. The first-order chi connectivity index (χ1) is 12.6. The number of aromatic nitrogens is 3. The first-order valence-electron chi connectivity index (χ1n) is 8.03. The maximum absolute atomic E-state index is 13.1. The lowest BCUT2D eigenvalue weighted by molar-refractivity contribution is 0.103. The summed E-state index contributed by atoms with van der Waals surface area (Å²) in [7, 11) is 0. The minimum atomic E-state index is -0.263. The number of nitrogens with zero attached hydrogens (tertiary/aromatic N) is 3. The summed E-state index contributed by atoms with van der Waals surface area (Å²) in [5.74, 6) is -0.437. The highest BCUT2D eigenvalue weighted by Gasteiger charge is 2.16. The van der Waals surface area contributed by atoms with Crippen LogP contribution in [0.15, 0.2) is 54.9 Å². The van der Waals surface area contributed by atoms with Gasteiger partial charge >= 0.3 is 0 Å². The predicted octanol–water partition coefficient (Wildman–Crippen LogP) is 4.24. The fourth-order valence-electron chi connectivity index (χ4n) is 2.72. The molecule has 26 heavy (non-hydrogen) atoms. The molecule has 0 radical (unpaired) electrons. The van der Waals surface area contributed by atoms with Gasteiger partial charge in [0.1, 0.15) is 10.6 Å². The van der Waals surface area contributed by atoms with Gasteiger partial charge in [0.2, 0.25) is 0 Å². The highest BCUT2D eigenvalue weighted by atomic mass is 32.1. The van der Waals surface area contributed by atoms with Gasteiger partial charge in [-0.3, -0.25) is 14.5 Å². The van der Waals surface area contributed by atoms with Crippen molar-refractivity contribution >= 4 is 33.1 Å².